The molecule has 0 saturated carbocycles. The lowest BCUT2D eigenvalue weighted by Crippen LogP contribution is -2.34. The third kappa shape index (κ3) is 5.09. The average Bonchev–Trinajstić information content (AvgIpc) is 2.66. The standard InChI is InChI=1S/C22H25NO4/c1-15-10-11-20(16(2)12-15)26-14-22(25)27-13-21(24)23-19-9-5-7-17-6-3-4-8-18(17)19/h3-4,6,8,10-12,19H,5,7,9,13-14H2,1-2H3,(H,23,24)/t19-/m1/s1. The van der Waals surface area contributed by atoms with Crippen LogP contribution in [-0.4, -0.2) is 25.1 Å². The van der Waals surface area contributed by atoms with Crippen LogP contribution in [0.4, 0.5) is 0 Å². The second-order valence-corrected chi connectivity index (χ2v) is 6.93. The van der Waals surface area contributed by atoms with Crippen molar-refractivity contribution in [3.8, 4) is 5.75 Å². The molecule has 0 fully saturated rings. The van der Waals surface area contributed by atoms with Crippen LogP contribution in [0.3, 0.4) is 0 Å². The Hall–Kier alpha value is -2.82. The van der Waals surface area contributed by atoms with Crippen molar-refractivity contribution in [3.05, 3.63) is 64.7 Å². The second kappa shape index (κ2) is 8.71. The minimum absolute atomic E-state index is 0.0207. The van der Waals surface area contributed by atoms with E-state index in [0.717, 1.165) is 36.0 Å². The number of fused-ring (bicyclic) bond motifs is 1. The van der Waals surface area contributed by atoms with E-state index in [2.05, 4.69) is 11.4 Å². The van der Waals surface area contributed by atoms with Crippen LogP contribution in [0.5, 0.6) is 5.75 Å². The number of esters is 1. The number of aryl methyl sites for hydroxylation is 3. The van der Waals surface area contributed by atoms with Gasteiger partial charge in [-0.25, -0.2) is 4.79 Å². The quantitative estimate of drug-likeness (QED) is 0.795. The zero-order chi connectivity index (χ0) is 19.2. The predicted octanol–water partition coefficient (Wildman–Crippen LogP) is 3.42. The first-order chi connectivity index (χ1) is 13.0. The number of hydrogen-bond acceptors (Lipinski definition) is 4. The number of hydrogen-bond donors (Lipinski definition) is 1. The number of rotatable bonds is 6. The molecule has 1 amide bonds. The van der Waals surface area contributed by atoms with Gasteiger partial charge in [0.15, 0.2) is 13.2 Å². The number of amides is 1. The van der Waals surface area contributed by atoms with E-state index in [1.165, 1.54) is 5.56 Å². The molecule has 0 aliphatic heterocycles. The first kappa shape index (κ1) is 19.0. The maximum absolute atomic E-state index is 12.2. The molecule has 0 spiro atoms. The van der Waals surface area contributed by atoms with Gasteiger partial charge in [-0.3, -0.25) is 4.79 Å². The zero-order valence-electron chi connectivity index (χ0n) is 15.8. The molecular formula is C22H25NO4. The smallest absolute Gasteiger partial charge is 0.344 e. The molecule has 2 aromatic carbocycles. The van der Waals surface area contributed by atoms with Gasteiger partial charge in [0, 0.05) is 0 Å². The number of carbonyl (C=O) groups is 2. The van der Waals surface area contributed by atoms with Crippen LogP contribution in [0.2, 0.25) is 0 Å². The fraction of sp³-hybridized carbons (Fsp3) is 0.364. The number of nitrogens with one attached hydrogen (secondary N) is 1. The Kier molecular flexibility index (Phi) is 6.12. The van der Waals surface area contributed by atoms with Gasteiger partial charge in [0.05, 0.1) is 6.04 Å². The molecule has 142 valence electrons. The van der Waals surface area contributed by atoms with Gasteiger partial charge in [0.2, 0.25) is 0 Å². The van der Waals surface area contributed by atoms with Crippen molar-refractivity contribution in [2.45, 2.75) is 39.2 Å². The summed E-state index contributed by atoms with van der Waals surface area (Å²) in [5, 5.41) is 2.96. The van der Waals surface area contributed by atoms with Crippen molar-refractivity contribution in [3.63, 3.8) is 0 Å². The molecule has 1 aliphatic carbocycles. The summed E-state index contributed by atoms with van der Waals surface area (Å²) in [6.07, 6.45) is 2.96. The second-order valence-electron chi connectivity index (χ2n) is 6.93. The van der Waals surface area contributed by atoms with E-state index in [1.54, 1.807) is 0 Å². The summed E-state index contributed by atoms with van der Waals surface area (Å²) in [5.74, 6) is -0.216. The normalized spacial score (nSPS) is 15.6. The molecule has 5 heteroatoms. The van der Waals surface area contributed by atoms with Crippen molar-refractivity contribution in [2.24, 2.45) is 0 Å². The molecule has 1 aliphatic rings. The molecule has 5 nitrogen and oxygen atoms in total. The first-order valence-electron chi connectivity index (χ1n) is 9.26. The van der Waals surface area contributed by atoms with Gasteiger partial charge in [0.1, 0.15) is 5.75 Å². The van der Waals surface area contributed by atoms with E-state index in [-0.39, 0.29) is 25.2 Å². The van der Waals surface area contributed by atoms with Gasteiger partial charge >= 0.3 is 5.97 Å². The third-order valence-electron chi connectivity index (χ3n) is 4.74. The number of benzene rings is 2. The maximum atomic E-state index is 12.2. The van der Waals surface area contributed by atoms with Gasteiger partial charge in [0.25, 0.3) is 5.91 Å². The Labute approximate surface area is 159 Å². The third-order valence-corrected chi connectivity index (χ3v) is 4.74. The molecule has 0 bridgehead atoms. The van der Waals surface area contributed by atoms with Crippen LogP contribution in [0.1, 0.15) is 41.1 Å². The van der Waals surface area contributed by atoms with Crippen LogP contribution < -0.4 is 10.1 Å². The zero-order valence-corrected chi connectivity index (χ0v) is 15.8. The van der Waals surface area contributed by atoms with Crippen molar-refractivity contribution < 1.29 is 19.1 Å². The lowest BCUT2D eigenvalue weighted by atomic mass is 9.88. The summed E-state index contributed by atoms with van der Waals surface area (Å²) in [7, 11) is 0. The lowest BCUT2D eigenvalue weighted by Gasteiger charge is -2.26. The SMILES string of the molecule is Cc1ccc(OCC(=O)OCC(=O)N[C@@H]2CCCc3ccccc32)c(C)c1. The fourth-order valence-electron chi connectivity index (χ4n) is 3.43. The summed E-state index contributed by atoms with van der Waals surface area (Å²) in [6.45, 7) is 3.40. The van der Waals surface area contributed by atoms with Crippen LogP contribution >= 0.6 is 0 Å². The average molecular weight is 367 g/mol. The van der Waals surface area contributed by atoms with E-state index in [0.29, 0.717) is 5.75 Å². The molecule has 0 unspecified atom stereocenters. The van der Waals surface area contributed by atoms with Crippen molar-refractivity contribution in [1.29, 1.82) is 0 Å². The molecular weight excluding hydrogens is 342 g/mol. The monoisotopic (exact) mass is 367 g/mol. The van der Waals surface area contributed by atoms with Gasteiger partial charge in [-0.1, -0.05) is 42.0 Å². The van der Waals surface area contributed by atoms with Crippen molar-refractivity contribution in [2.75, 3.05) is 13.2 Å². The maximum Gasteiger partial charge on any atom is 0.344 e. The molecule has 1 atom stereocenters. The predicted molar refractivity (Wildman–Crippen MR) is 103 cm³/mol. The summed E-state index contributed by atoms with van der Waals surface area (Å²) in [6, 6.07) is 13.8. The van der Waals surface area contributed by atoms with Crippen LogP contribution in [0.15, 0.2) is 42.5 Å². The molecule has 0 aromatic heterocycles. The molecule has 0 saturated heterocycles. The van der Waals surface area contributed by atoms with Crippen LogP contribution in [0.25, 0.3) is 0 Å². The van der Waals surface area contributed by atoms with Gasteiger partial charge in [-0.2, -0.15) is 0 Å². The van der Waals surface area contributed by atoms with Gasteiger partial charge < -0.3 is 14.8 Å². The van der Waals surface area contributed by atoms with Crippen LogP contribution in [0, 0.1) is 13.8 Å². The van der Waals surface area contributed by atoms with E-state index >= 15 is 0 Å². The molecule has 2 aromatic rings. The van der Waals surface area contributed by atoms with Crippen LogP contribution in [-0.2, 0) is 20.7 Å². The topological polar surface area (TPSA) is 64.6 Å². The van der Waals surface area contributed by atoms with E-state index < -0.39 is 5.97 Å². The van der Waals surface area contributed by atoms with Crippen molar-refractivity contribution in [1.82, 2.24) is 5.32 Å². The van der Waals surface area contributed by atoms with Gasteiger partial charge in [-0.15, -0.1) is 0 Å². The number of ether oxygens (including phenoxy) is 2. The van der Waals surface area contributed by atoms with E-state index in [9.17, 15) is 9.59 Å². The minimum atomic E-state index is -0.561. The van der Waals surface area contributed by atoms with E-state index in [1.807, 2.05) is 50.2 Å². The summed E-state index contributed by atoms with van der Waals surface area (Å²) < 4.78 is 10.5. The highest BCUT2D eigenvalue weighted by Crippen LogP contribution is 2.29. The lowest BCUT2D eigenvalue weighted by molar-refractivity contribution is -0.150. The molecule has 3 rings (SSSR count). The Morgan fingerprint density at radius 1 is 1.11 bits per heavy atom. The molecule has 0 radical (unpaired) electrons. The fourth-order valence-corrected chi connectivity index (χ4v) is 3.43. The number of carbonyl (C=O) groups excluding carboxylic acids is 2. The molecule has 27 heavy (non-hydrogen) atoms. The first-order valence-corrected chi connectivity index (χ1v) is 9.26. The van der Waals surface area contributed by atoms with E-state index in [4.69, 9.17) is 9.47 Å². The molecule has 1 N–H and O–H groups in total. The Morgan fingerprint density at radius 2 is 1.93 bits per heavy atom. The highest BCUT2D eigenvalue weighted by atomic mass is 16.6. The minimum Gasteiger partial charge on any atom is -0.482 e. The van der Waals surface area contributed by atoms with Crippen molar-refractivity contribution >= 4 is 11.9 Å². The highest BCUT2D eigenvalue weighted by molar-refractivity contribution is 5.81. The Morgan fingerprint density at radius 3 is 2.74 bits per heavy atom. The molecule has 0 heterocycles. The van der Waals surface area contributed by atoms with Gasteiger partial charge in [-0.05, 0) is 55.9 Å². The summed E-state index contributed by atoms with van der Waals surface area (Å²) in [4.78, 5) is 24.0. The Balaban J connectivity index is 1.45. The summed E-state index contributed by atoms with van der Waals surface area (Å²) in [5.41, 5.74) is 4.51. The highest BCUT2D eigenvalue weighted by Gasteiger charge is 2.21. The largest absolute Gasteiger partial charge is 0.482 e. The Bertz CT molecular complexity index is 831. The summed E-state index contributed by atoms with van der Waals surface area (Å²) >= 11 is 0.